The molecule has 0 aliphatic carbocycles. The summed E-state index contributed by atoms with van der Waals surface area (Å²) in [4.78, 5) is 26.9. The predicted molar refractivity (Wildman–Crippen MR) is 121 cm³/mol. The number of fused-ring (bicyclic) bond motifs is 1. The highest BCUT2D eigenvalue weighted by Crippen LogP contribution is 2.31. The van der Waals surface area contributed by atoms with Gasteiger partial charge in [-0.2, -0.15) is 5.10 Å². The number of nitrogens with zero attached hydrogens (tertiary/aromatic N) is 7. The van der Waals surface area contributed by atoms with Crippen LogP contribution in [0.5, 0.6) is 0 Å². The van der Waals surface area contributed by atoms with Crippen LogP contribution in [0.3, 0.4) is 0 Å². The number of rotatable bonds is 4. The third-order valence-electron chi connectivity index (χ3n) is 5.77. The number of carbonyl (C=O) groups is 1. The zero-order chi connectivity index (χ0) is 24.1. The molecule has 1 amide bonds. The highest BCUT2D eigenvalue weighted by molar-refractivity contribution is 7.92. The highest BCUT2D eigenvalue weighted by atomic mass is 32.2. The smallest absolute Gasteiger partial charge is 0.410 e. The van der Waals surface area contributed by atoms with Gasteiger partial charge in [0.1, 0.15) is 23.3 Å². The minimum absolute atomic E-state index is 0.0464. The molecule has 3 aromatic heterocycles. The molecule has 3 aromatic rings. The molecule has 1 aliphatic rings. The fraction of sp³-hybridized carbons (Fsp3) is 0.571. The number of sulfone groups is 1. The van der Waals surface area contributed by atoms with Gasteiger partial charge in [0.05, 0.1) is 17.0 Å². The van der Waals surface area contributed by atoms with Gasteiger partial charge in [-0.05, 0) is 41.0 Å². The number of ether oxygens (including phenoxy) is 1. The van der Waals surface area contributed by atoms with E-state index in [0.29, 0.717) is 31.0 Å². The van der Waals surface area contributed by atoms with Gasteiger partial charge in [-0.25, -0.2) is 28.2 Å². The van der Waals surface area contributed by atoms with Gasteiger partial charge in [-0.15, -0.1) is 0 Å². The Bertz CT molecular complexity index is 1320. The molecule has 0 N–H and O–H groups in total. The van der Waals surface area contributed by atoms with Crippen LogP contribution >= 0.6 is 0 Å². The molecule has 0 radical (unpaired) electrons. The van der Waals surface area contributed by atoms with Crippen molar-refractivity contribution in [3.05, 3.63) is 18.2 Å². The zero-order valence-corrected chi connectivity index (χ0v) is 20.5. The maximum absolute atomic E-state index is 13.5. The molecule has 4 heterocycles. The van der Waals surface area contributed by atoms with Crippen molar-refractivity contribution in [2.24, 2.45) is 7.05 Å². The van der Waals surface area contributed by atoms with Crippen molar-refractivity contribution in [2.45, 2.75) is 63.5 Å². The maximum Gasteiger partial charge on any atom is 0.410 e. The van der Waals surface area contributed by atoms with Crippen LogP contribution in [0.25, 0.3) is 22.6 Å². The van der Waals surface area contributed by atoms with Crippen molar-refractivity contribution in [3.63, 3.8) is 0 Å². The fourth-order valence-electron chi connectivity index (χ4n) is 4.04. The van der Waals surface area contributed by atoms with Gasteiger partial charge < -0.3 is 14.2 Å². The molecule has 1 fully saturated rings. The van der Waals surface area contributed by atoms with Crippen LogP contribution in [0.2, 0.25) is 0 Å². The third kappa shape index (κ3) is 4.07. The van der Waals surface area contributed by atoms with E-state index in [1.165, 1.54) is 11.2 Å². The Morgan fingerprint density at radius 3 is 2.64 bits per heavy atom. The summed E-state index contributed by atoms with van der Waals surface area (Å²) in [6.07, 6.45) is 2.74. The summed E-state index contributed by atoms with van der Waals surface area (Å²) >= 11 is 0. The number of aromatic nitrogens is 6. The van der Waals surface area contributed by atoms with E-state index in [2.05, 4.69) is 20.1 Å². The van der Waals surface area contributed by atoms with Gasteiger partial charge in [0, 0.05) is 32.4 Å². The number of likely N-dealkylation sites (tertiary alicyclic amines) is 1. The lowest BCUT2D eigenvalue weighted by molar-refractivity contribution is 0.0295. The van der Waals surface area contributed by atoms with Crippen LogP contribution < -0.4 is 0 Å². The minimum Gasteiger partial charge on any atom is -0.444 e. The summed E-state index contributed by atoms with van der Waals surface area (Å²) < 4.78 is 36.1. The van der Waals surface area contributed by atoms with E-state index in [4.69, 9.17) is 4.74 Å². The average molecular weight is 476 g/mol. The monoisotopic (exact) mass is 475 g/mol. The van der Waals surface area contributed by atoms with E-state index in [1.807, 2.05) is 18.5 Å². The van der Waals surface area contributed by atoms with Crippen LogP contribution in [0, 0.1) is 6.92 Å². The Hall–Kier alpha value is -3.02. The summed E-state index contributed by atoms with van der Waals surface area (Å²) in [5, 5.41) is 3.45. The fourth-order valence-corrected chi connectivity index (χ4v) is 5.75. The van der Waals surface area contributed by atoms with Crippen molar-refractivity contribution in [1.29, 1.82) is 0 Å². The van der Waals surface area contributed by atoms with Crippen LogP contribution in [0.15, 0.2) is 17.6 Å². The molecule has 33 heavy (non-hydrogen) atoms. The number of imidazole rings is 1. The van der Waals surface area contributed by atoms with E-state index in [9.17, 15) is 13.2 Å². The van der Waals surface area contributed by atoms with Gasteiger partial charge in [0.25, 0.3) is 0 Å². The Morgan fingerprint density at radius 2 is 2.00 bits per heavy atom. The summed E-state index contributed by atoms with van der Waals surface area (Å²) in [5.41, 5.74) is 1.72. The first-order valence-corrected chi connectivity index (χ1v) is 12.4. The molecule has 4 rings (SSSR count). The molecular weight excluding hydrogens is 446 g/mol. The molecule has 178 valence electrons. The highest BCUT2D eigenvalue weighted by Gasteiger charge is 2.40. The standard InChI is InChI=1S/C21H29N7O4S/c1-7-28-13(2)15(10-24-28)17-25-16-18(26(17)6)22-12-23-19(16)33(30,31)14-8-9-27(11-14)20(29)32-21(3,4)5/h10,12,14H,7-9,11H2,1-6H3. The molecule has 12 heteroatoms. The largest absolute Gasteiger partial charge is 0.444 e. The summed E-state index contributed by atoms with van der Waals surface area (Å²) in [6.45, 7) is 10.3. The third-order valence-corrected chi connectivity index (χ3v) is 7.87. The first-order chi connectivity index (χ1) is 15.4. The SMILES string of the molecule is CCn1ncc(-c2nc3c(S(=O)(=O)C4CCN(C(=O)OC(C)(C)C)C4)ncnc3n2C)c1C. The van der Waals surface area contributed by atoms with Crippen LogP contribution in [-0.4, -0.2) is 72.7 Å². The maximum atomic E-state index is 13.5. The van der Waals surface area contributed by atoms with Crippen molar-refractivity contribution in [3.8, 4) is 11.4 Å². The van der Waals surface area contributed by atoms with Crippen molar-refractivity contribution >= 4 is 27.1 Å². The number of hydrogen-bond acceptors (Lipinski definition) is 8. The van der Waals surface area contributed by atoms with Gasteiger partial charge in [0.15, 0.2) is 10.7 Å². The van der Waals surface area contributed by atoms with Gasteiger partial charge in [-0.1, -0.05) is 0 Å². The average Bonchev–Trinajstić information content (AvgIpc) is 3.44. The lowest BCUT2D eigenvalue weighted by Crippen LogP contribution is -2.36. The summed E-state index contributed by atoms with van der Waals surface area (Å²) in [5.74, 6) is 0.570. The normalized spacial score (nSPS) is 17.2. The van der Waals surface area contributed by atoms with Crippen LogP contribution in [-0.2, 0) is 28.2 Å². The Labute approximate surface area is 192 Å². The number of hydrogen-bond donors (Lipinski definition) is 0. The van der Waals surface area contributed by atoms with Crippen molar-refractivity contribution < 1.29 is 17.9 Å². The first kappa shape index (κ1) is 23.1. The Kier molecular flexibility index (Phi) is 5.67. The molecule has 1 aliphatic heterocycles. The Balaban J connectivity index is 1.70. The molecule has 11 nitrogen and oxygen atoms in total. The number of aryl methyl sites for hydroxylation is 2. The molecule has 0 aromatic carbocycles. The second-order valence-electron chi connectivity index (χ2n) is 9.19. The zero-order valence-electron chi connectivity index (χ0n) is 19.7. The van der Waals surface area contributed by atoms with E-state index in [0.717, 1.165) is 11.3 Å². The van der Waals surface area contributed by atoms with E-state index >= 15 is 0 Å². The van der Waals surface area contributed by atoms with Gasteiger partial charge >= 0.3 is 6.09 Å². The molecule has 1 saturated heterocycles. The number of carbonyl (C=O) groups excluding carboxylic acids is 1. The van der Waals surface area contributed by atoms with E-state index < -0.39 is 26.8 Å². The minimum atomic E-state index is -3.87. The lowest BCUT2D eigenvalue weighted by atomic mass is 10.2. The lowest BCUT2D eigenvalue weighted by Gasteiger charge is -2.24. The molecule has 0 bridgehead atoms. The molecule has 0 spiro atoms. The topological polar surface area (TPSA) is 125 Å². The van der Waals surface area contributed by atoms with Crippen molar-refractivity contribution in [2.75, 3.05) is 13.1 Å². The Morgan fingerprint density at radius 1 is 1.27 bits per heavy atom. The molecule has 1 unspecified atom stereocenters. The predicted octanol–water partition coefficient (Wildman–Crippen LogP) is 2.34. The molecule has 0 saturated carbocycles. The summed E-state index contributed by atoms with van der Waals surface area (Å²) in [6, 6.07) is 0. The first-order valence-electron chi connectivity index (χ1n) is 10.9. The van der Waals surface area contributed by atoms with E-state index in [1.54, 1.807) is 38.6 Å². The molecular formula is C21H29N7O4S. The molecule has 1 atom stereocenters. The second kappa shape index (κ2) is 8.08. The van der Waals surface area contributed by atoms with Gasteiger partial charge in [0.2, 0.25) is 9.84 Å². The summed E-state index contributed by atoms with van der Waals surface area (Å²) in [7, 11) is -2.08. The number of amides is 1. The second-order valence-corrected chi connectivity index (χ2v) is 11.3. The van der Waals surface area contributed by atoms with Crippen LogP contribution in [0.1, 0.15) is 39.8 Å². The van der Waals surface area contributed by atoms with Gasteiger partial charge in [-0.3, -0.25) is 4.68 Å². The van der Waals surface area contributed by atoms with E-state index in [-0.39, 0.29) is 17.1 Å². The van der Waals surface area contributed by atoms with Crippen LogP contribution in [0.4, 0.5) is 4.79 Å². The quantitative estimate of drug-likeness (QED) is 0.527. The van der Waals surface area contributed by atoms with Crippen molar-refractivity contribution in [1.82, 2.24) is 34.2 Å².